The Labute approximate surface area is 101 Å². The summed E-state index contributed by atoms with van der Waals surface area (Å²) in [7, 11) is 0. The van der Waals surface area contributed by atoms with Crippen molar-refractivity contribution in [3.05, 3.63) is 27.9 Å². The van der Waals surface area contributed by atoms with Gasteiger partial charge in [0.15, 0.2) is 0 Å². The number of pyridine rings is 1. The first kappa shape index (κ1) is 13.4. The van der Waals surface area contributed by atoms with Gasteiger partial charge in [-0.1, -0.05) is 19.8 Å². The maximum absolute atomic E-state index is 10.6. The molecule has 0 saturated heterocycles. The summed E-state index contributed by atoms with van der Waals surface area (Å²) in [6.07, 6.45) is 3.41. The molecular weight excluding hydrogens is 218 g/mol. The fourth-order valence-electron chi connectivity index (χ4n) is 1.66. The van der Waals surface area contributed by atoms with Crippen LogP contribution in [0.4, 0.5) is 11.5 Å². The van der Waals surface area contributed by atoms with Crippen molar-refractivity contribution in [3.63, 3.8) is 0 Å². The zero-order valence-electron chi connectivity index (χ0n) is 10.6. The molecule has 5 heteroatoms. The zero-order valence-corrected chi connectivity index (χ0v) is 10.6. The summed E-state index contributed by atoms with van der Waals surface area (Å²) in [5.74, 6) is 0.705. The Kier molecular flexibility index (Phi) is 4.87. The van der Waals surface area contributed by atoms with Crippen LogP contribution in [-0.4, -0.2) is 15.9 Å². The number of rotatable bonds is 6. The maximum Gasteiger partial charge on any atom is 0.290 e. The van der Waals surface area contributed by atoms with E-state index in [9.17, 15) is 10.1 Å². The van der Waals surface area contributed by atoms with E-state index in [0.717, 1.165) is 6.42 Å². The Morgan fingerprint density at radius 1 is 1.53 bits per heavy atom. The fourth-order valence-corrected chi connectivity index (χ4v) is 1.66. The summed E-state index contributed by atoms with van der Waals surface area (Å²) in [4.78, 5) is 14.4. The van der Waals surface area contributed by atoms with Gasteiger partial charge >= 0.3 is 0 Å². The highest BCUT2D eigenvalue weighted by atomic mass is 16.6. The van der Waals surface area contributed by atoms with Crippen LogP contribution in [0.3, 0.4) is 0 Å². The summed E-state index contributed by atoms with van der Waals surface area (Å²) in [6.45, 7) is 5.90. The number of hydrogen-bond donors (Lipinski definition) is 1. The molecule has 0 aliphatic carbocycles. The van der Waals surface area contributed by atoms with Crippen LogP contribution in [0.2, 0.25) is 0 Å². The van der Waals surface area contributed by atoms with E-state index in [0.29, 0.717) is 17.6 Å². The molecule has 0 spiro atoms. The van der Waals surface area contributed by atoms with Gasteiger partial charge in [-0.05, 0) is 26.3 Å². The molecule has 1 aromatic rings. The Morgan fingerprint density at radius 2 is 2.24 bits per heavy atom. The number of anilines is 1. The molecule has 1 unspecified atom stereocenters. The van der Waals surface area contributed by atoms with E-state index >= 15 is 0 Å². The van der Waals surface area contributed by atoms with Crippen LogP contribution in [0.15, 0.2) is 12.1 Å². The summed E-state index contributed by atoms with van der Waals surface area (Å²) < 4.78 is 0. The van der Waals surface area contributed by atoms with Crippen LogP contribution in [0.5, 0.6) is 0 Å². The summed E-state index contributed by atoms with van der Waals surface area (Å²) in [6, 6.07) is 3.49. The number of unbranched alkanes of at least 4 members (excludes halogenated alkanes) is 1. The van der Waals surface area contributed by atoms with Gasteiger partial charge in [-0.15, -0.1) is 0 Å². The largest absolute Gasteiger partial charge is 0.368 e. The van der Waals surface area contributed by atoms with Crippen LogP contribution in [-0.2, 0) is 0 Å². The predicted octanol–water partition coefficient (Wildman–Crippen LogP) is 3.29. The Balaban J connectivity index is 2.67. The molecule has 94 valence electrons. The van der Waals surface area contributed by atoms with Crippen molar-refractivity contribution in [2.24, 2.45) is 0 Å². The molecule has 0 amide bonds. The SMILES string of the molecule is CCCCC(C)Nc1ccc([N+](=O)[O-])c(C)n1. The second-order valence-corrected chi connectivity index (χ2v) is 4.25. The van der Waals surface area contributed by atoms with Crippen molar-refractivity contribution in [2.45, 2.75) is 46.1 Å². The minimum absolute atomic E-state index is 0.0664. The van der Waals surface area contributed by atoms with E-state index in [-0.39, 0.29) is 5.69 Å². The topological polar surface area (TPSA) is 68.1 Å². The van der Waals surface area contributed by atoms with Crippen molar-refractivity contribution >= 4 is 11.5 Å². The average molecular weight is 237 g/mol. The molecule has 0 saturated carbocycles. The van der Waals surface area contributed by atoms with Crippen molar-refractivity contribution < 1.29 is 4.92 Å². The minimum atomic E-state index is -0.410. The third-order valence-corrected chi connectivity index (χ3v) is 2.64. The van der Waals surface area contributed by atoms with Gasteiger partial charge in [0.25, 0.3) is 5.69 Å². The average Bonchev–Trinajstić information content (AvgIpc) is 2.26. The molecule has 1 N–H and O–H groups in total. The van der Waals surface area contributed by atoms with Crippen LogP contribution in [0.25, 0.3) is 0 Å². The predicted molar refractivity (Wildman–Crippen MR) is 68.2 cm³/mol. The van der Waals surface area contributed by atoms with Gasteiger partial charge in [0, 0.05) is 12.1 Å². The van der Waals surface area contributed by atoms with E-state index in [2.05, 4.69) is 24.1 Å². The third-order valence-electron chi connectivity index (χ3n) is 2.64. The first-order chi connectivity index (χ1) is 8.04. The molecule has 1 heterocycles. The second-order valence-electron chi connectivity index (χ2n) is 4.25. The molecule has 17 heavy (non-hydrogen) atoms. The van der Waals surface area contributed by atoms with Gasteiger partial charge in [0.05, 0.1) is 4.92 Å². The highest BCUT2D eigenvalue weighted by Gasteiger charge is 2.12. The van der Waals surface area contributed by atoms with E-state index in [4.69, 9.17) is 0 Å². The fraction of sp³-hybridized carbons (Fsp3) is 0.583. The number of nitro groups is 1. The molecule has 0 bridgehead atoms. The van der Waals surface area contributed by atoms with Crippen LogP contribution in [0, 0.1) is 17.0 Å². The van der Waals surface area contributed by atoms with E-state index < -0.39 is 4.92 Å². The Bertz CT molecular complexity index is 393. The lowest BCUT2D eigenvalue weighted by Crippen LogP contribution is -2.16. The molecule has 1 atom stereocenters. The lowest BCUT2D eigenvalue weighted by Gasteiger charge is -2.14. The molecule has 0 aliphatic heterocycles. The van der Waals surface area contributed by atoms with E-state index in [1.807, 2.05) is 0 Å². The first-order valence-corrected chi connectivity index (χ1v) is 5.93. The molecular formula is C12H19N3O2. The zero-order chi connectivity index (χ0) is 12.8. The monoisotopic (exact) mass is 237 g/mol. The van der Waals surface area contributed by atoms with E-state index in [1.54, 1.807) is 13.0 Å². The number of aryl methyl sites for hydroxylation is 1. The van der Waals surface area contributed by atoms with Gasteiger partial charge in [0.1, 0.15) is 11.5 Å². The molecule has 1 rings (SSSR count). The molecule has 5 nitrogen and oxygen atoms in total. The maximum atomic E-state index is 10.6. The van der Waals surface area contributed by atoms with Crippen molar-refractivity contribution in [2.75, 3.05) is 5.32 Å². The standard InChI is InChI=1S/C12H19N3O2/c1-4-5-6-9(2)13-12-8-7-11(15(16)17)10(3)14-12/h7-9H,4-6H2,1-3H3,(H,13,14). The summed E-state index contributed by atoms with van der Waals surface area (Å²) in [5, 5.41) is 13.9. The molecule has 0 aromatic carbocycles. The lowest BCUT2D eigenvalue weighted by atomic mass is 10.1. The molecule has 0 fully saturated rings. The lowest BCUT2D eigenvalue weighted by molar-refractivity contribution is -0.385. The highest BCUT2D eigenvalue weighted by molar-refractivity contribution is 5.45. The quantitative estimate of drug-likeness (QED) is 0.609. The number of aromatic nitrogens is 1. The van der Waals surface area contributed by atoms with Gasteiger partial charge in [-0.3, -0.25) is 10.1 Å². The second kappa shape index (κ2) is 6.18. The smallest absolute Gasteiger partial charge is 0.290 e. The van der Waals surface area contributed by atoms with Crippen LogP contribution in [0.1, 0.15) is 38.8 Å². The van der Waals surface area contributed by atoms with E-state index in [1.165, 1.54) is 18.9 Å². The molecule has 1 aromatic heterocycles. The van der Waals surface area contributed by atoms with Crippen molar-refractivity contribution in [1.82, 2.24) is 4.98 Å². The van der Waals surface area contributed by atoms with Crippen molar-refractivity contribution in [1.29, 1.82) is 0 Å². The van der Waals surface area contributed by atoms with Crippen molar-refractivity contribution in [3.8, 4) is 0 Å². The Hall–Kier alpha value is -1.65. The van der Waals surface area contributed by atoms with Gasteiger partial charge < -0.3 is 5.32 Å². The highest BCUT2D eigenvalue weighted by Crippen LogP contribution is 2.18. The minimum Gasteiger partial charge on any atom is -0.368 e. The van der Waals surface area contributed by atoms with Crippen LogP contribution >= 0.6 is 0 Å². The number of nitrogens with zero attached hydrogens (tertiary/aromatic N) is 2. The number of nitrogens with one attached hydrogen (secondary N) is 1. The first-order valence-electron chi connectivity index (χ1n) is 5.93. The summed E-state index contributed by atoms with van der Waals surface area (Å²) >= 11 is 0. The third kappa shape index (κ3) is 4.01. The Morgan fingerprint density at radius 3 is 2.76 bits per heavy atom. The molecule has 0 radical (unpaired) electrons. The molecule has 0 aliphatic rings. The summed E-state index contributed by atoms with van der Waals surface area (Å²) in [5.41, 5.74) is 0.513. The normalized spacial score (nSPS) is 12.2. The van der Waals surface area contributed by atoms with Crippen LogP contribution < -0.4 is 5.32 Å². The van der Waals surface area contributed by atoms with Gasteiger partial charge in [-0.25, -0.2) is 4.98 Å². The number of hydrogen-bond acceptors (Lipinski definition) is 4. The van der Waals surface area contributed by atoms with Gasteiger partial charge in [0.2, 0.25) is 0 Å². The van der Waals surface area contributed by atoms with Gasteiger partial charge in [-0.2, -0.15) is 0 Å².